The van der Waals surface area contributed by atoms with Gasteiger partial charge in [-0.15, -0.1) is 0 Å². The summed E-state index contributed by atoms with van der Waals surface area (Å²) < 4.78 is 4.76. The maximum absolute atomic E-state index is 12.7. The fraction of sp³-hybridized carbons (Fsp3) is 0.421. The molecule has 25 heavy (non-hydrogen) atoms. The van der Waals surface area contributed by atoms with Crippen molar-refractivity contribution in [2.24, 2.45) is 0 Å². The highest BCUT2D eigenvalue weighted by molar-refractivity contribution is 6.19. The Hall–Kier alpha value is -2.63. The zero-order chi connectivity index (χ0) is 18.1. The Morgan fingerprint density at radius 1 is 1.12 bits per heavy atom. The van der Waals surface area contributed by atoms with E-state index in [2.05, 4.69) is 5.32 Å². The van der Waals surface area contributed by atoms with Crippen LogP contribution in [0.5, 0.6) is 0 Å². The molecule has 1 aromatic rings. The van der Waals surface area contributed by atoms with Crippen LogP contribution in [0.15, 0.2) is 42.5 Å². The first-order valence-corrected chi connectivity index (χ1v) is 8.66. The predicted molar refractivity (Wildman–Crippen MR) is 95.1 cm³/mol. The number of rotatable bonds is 5. The minimum Gasteiger partial charge on any atom is -0.463 e. The Morgan fingerprint density at radius 2 is 1.80 bits per heavy atom. The lowest BCUT2D eigenvalue weighted by atomic mass is 9.96. The van der Waals surface area contributed by atoms with Gasteiger partial charge in [0.05, 0.1) is 12.3 Å². The van der Waals surface area contributed by atoms with Crippen LogP contribution < -0.4 is 10.2 Å². The zero-order valence-electron chi connectivity index (χ0n) is 14.4. The first kappa shape index (κ1) is 18.7. The van der Waals surface area contributed by atoms with E-state index in [1.165, 1.54) is 6.42 Å². The first-order chi connectivity index (χ1) is 12.1. The highest BCUT2D eigenvalue weighted by Crippen LogP contribution is 2.19. The van der Waals surface area contributed by atoms with Gasteiger partial charge in [-0.05, 0) is 31.9 Å². The predicted octanol–water partition coefficient (Wildman–Crippen LogP) is 3.18. The lowest BCUT2D eigenvalue weighted by Crippen LogP contribution is -2.48. The van der Waals surface area contributed by atoms with Crippen LogP contribution in [0.2, 0.25) is 0 Å². The van der Waals surface area contributed by atoms with Gasteiger partial charge >= 0.3 is 12.0 Å². The van der Waals surface area contributed by atoms with Crippen LogP contribution in [-0.2, 0) is 14.3 Å². The molecule has 0 aliphatic heterocycles. The fourth-order valence-corrected chi connectivity index (χ4v) is 2.81. The summed E-state index contributed by atoms with van der Waals surface area (Å²) in [5, 5.41) is 2.93. The van der Waals surface area contributed by atoms with Crippen LogP contribution in [0, 0.1) is 0 Å². The quantitative estimate of drug-likeness (QED) is 0.657. The van der Waals surface area contributed by atoms with E-state index < -0.39 is 17.9 Å². The number of para-hydroxylation sites is 1. The number of hydrogen-bond acceptors (Lipinski definition) is 4. The summed E-state index contributed by atoms with van der Waals surface area (Å²) in [6, 6.07) is 8.26. The zero-order valence-corrected chi connectivity index (χ0v) is 14.4. The topological polar surface area (TPSA) is 75.7 Å². The van der Waals surface area contributed by atoms with Crippen LogP contribution in [0.3, 0.4) is 0 Å². The van der Waals surface area contributed by atoms with Gasteiger partial charge in [0.2, 0.25) is 0 Å². The Bertz CT molecular complexity index is 622. The number of carbonyl (C=O) groups excluding carboxylic acids is 3. The van der Waals surface area contributed by atoms with E-state index in [0.717, 1.165) is 42.7 Å². The molecule has 6 nitrogen and oxygen atoms in total. The third-order valence-corrected chi connectivity index (χ3v) is 4.02. The van der Waals surface area contributed by atoms with E-state index in [9.17, 15) is 14.4 Å². The van der Waals surface area contributed by atoms with Crippen molar-refractivity contribution in [1.82, 2.24) is 5.32 Å². The Morgan fingerprint density at radius 3 is 2.44 bits per heavy atom. The van der Waals surface area contributed by atoms with E-state index in [4.69, 9.17) is 4.74 Å². The fourth-order valence-electron chi connectivity index (χ4n) is 2.81. The third-order valence-electron chi connectivity index (χ3n) is 4.02. The number of amides is 3. The molecule has 0 heterocycles. The molecule has 1 saturated carbocycles. The van der Waals surface area contributed by atoms with Gasteiger partial charge in [0, 0.05) is 18.2 Å². The summed E-state index contributed by atoms with van der Waals surface area (Å²) in [6.07, 6.45) is 7.26. The van der Waals surface area contributed by atoms with Crippen LogP contribution in [0.1, 0.15) is 39.0 Å². The summed E-state index contributed by atoms with van der Waals surface area (Å²) in [4.78, 5) is 37.6. The number of anilines is 1. The van der Waals surface area contributed by atoms with Crippen LogP contribution in [0.4, 0.5) is 10.5 Å². The monoisotopic (exact) mass is 344 g/mol. The van der Waals surface area contributed by atoms with E-state index in [0.29, 0.717) is 5.69 Å². The number of imide groups is 1. The van der Waals surface area contributed by atoms with E-state index in [-0.39, 0.29) is 12.6 Å². The largest absolute Gasteiger partial charge is 0.463 e. The molecule has 0 bridgehead atoms. The molecule has 2 rings (SSSR count). The first-order valence-electron chi connectivity index (χ1n) is 8.66. The lowest BCUT2D eigenvalue weighted by Gasteiger charge is -2.26. The lowest BCUT2D eigenvalue weighted by molar-refractivity contribution is -0.137. The minimum absolute atomic E-state index is 0.0781. The van der Waals surface area contributed by atoms with Gasteiger partial charge in [-0.1, -0.05) is 37.5 Å². The maximum atomic E-state index is 12.7. The highest BCUT2D eigenvalue weighted by atomic mass is 16.5. The van der Waals surface area contributed by atoms with E-state index in [1.807, 2.05) is 0 Å². The number of urea groups is 1. The van der Waals surface area contributed by atoms with Crippen molar-refractivity contribution in [2.75, 3.05) is 11.5 Å². The molecule has 1 N–H and O–H groups in total. The molecule has 3 amide bonds. The van der Waals surface area contributed by atoms with Gasteiger partial charge < -0.3 is 10.1 Å². The molecule has 1 fully saturated rings. The van der Waals surface area contributed by atoms with Crippen molar-refractivity contribution in [3.8, 4) is 0 Å². The molecule has 0 atom stereocenters. The number of benzene rings is 1. The van der Waals surface area contributed by atoms with Crippen LogP contribution in [-0.4, -0.2) is 30.6 Å². The van der Waals surface area contributed by atoms with E-state index in [1.54, 1.807) is 37.3 Å². The number of nitrogens with zero attached hydrogens (tertiary/aromatic N) is 1. The average molecular weight is 344 g/mol. The van der Waals surface area contributed by atoms with Gasteiger partial charge in [-0.3, -0.25) is 4.79 Å². The normalized spacial score (nSPS) is 14.9. The maximum Gasteiger partial charge on any atom is 0.330 e. The average Bonchev–Trinajstić information content (AvgIpc) is 2.62. The second-order valence-corrected chi connectivity index (χ2v) is 5.88. The van der Waals surface area contributed by atoms with Gasteiger partial charge in [0.15, 0.2) is 0 Å². The second kappa shape index (κ2) is 9.61. The Balaban J connectivity index is 2.13. The Kier molecular flexibility index (Phi) is 7.19. The van der Waals surface area contributed by atoms with Crippen molar-refractivity contribution in [1.29, 1.82) is 0 Å². The molecule has 0 saturated heterocycles. The SMILES string of the molecule is CCOC(=O)/C=C/C(=O)N(C(=O)NC1CCCCC1)c1ccccc1. The molecule has 1 aliphatic carbocycles. The smallest absolute Gasteiger partial charge is 0.330 e. The van der Waals surface area contributed by atoms with Crippen LogP contribution >= 0.6 is 0 Å². The molecular formula is C19H24N2O4. The second-order valence-electron chi connectivity index (χ2n) is 5.88. The molecule has 1 aromatic carbocycles. The summed E-state index contributed by atoms with van der Waals surface area (Å²) >= 11 is 0. The van der Waals surface area contributed by atoms with Crippen molar-refractivity contribution in [2.45, 2.75) is 45.1 Å². The van der Waals surface area contributed by atoms with Crippen molar-refractivity contribution >= 4 is 23.6 Å². The van der Waals surface area contributed by atoms with Gasteiger partial charge in [-0.2, -0.15) is 0 Å². The molecular weight excluding hydrogens is 320 g/mol. The molecule has 0 unspecified atom stereocenters. The number of carbonyl (C=O) groups is 3. The summed E-state index contributed by atoms with van der Waals surface area (Å²) in [7, 11) is 0. The number of ether oxygens (including phenoxy) is 1. The highest BCUT2D eigenvalue weighted by Gasteiger charge is 2.25. The van der Waals surface area contributed by atoms with Gasteiger partial charge in [-0.25, -0.2) is 14.5 Å². The molecule has 0 radical (unpaired) electrons. The van der Waals surface area contributed by atoms with Crippen molar-refractivity contribution in [3.05, 3.63) is 42.5 Å². The summed E-state index contributed by atoms with van der Waals surface area (Å²) in [5.74, 6) is -1.20. The molecule has 6 heteroatoms. The molecule has 134 valence electrons. The van der Waals surface area contributed by atoms with E-state index >= 15 is 0 Å². The van der Waals surface area contributed by atoms with Gasteiger partial charge in [0.1, 0.15) is 0 Å². The molecule has 0 aromatic heterocycles. The minimum atomic E-state index is -0.614. The standard InChI is InChI=1S/C19H24N2O4/c1-2-25-18(23)14-13-17(22)21(16-11-7-4-8-12-16)19(24)20-15-9-5-3-6-10-15/h4,7-8,11-15H,2-3,5-6,9-10H2,1H3,(H,20,24)/b14-13+. The Labute approximate surface area is 147 Å². The summed E-state index contributed by atoms with van der Waals surface area (Å²) in [5.41, 5.74) is 0.453. The molecule has 0 spiro atoms. The number of hydrogen-bond donors (Lipinski definition) is 1. The number of nitrogens with one attached hydrogen (secondary N) is 1. The third kappa shape index (κ3) is 5.74. The van der Waals surface area contributed by atoms with Gasteiger partial charge in [0.25, 0.3) is 5.91 Å². The van der Waals surface area contributed by atoms with Crippen molar-refractivity contribution in [3.63, 3.8) is 0 Å². The summed E-state index contributed by atoms with van der Waals surface area (Å²) in [6.45, 7) is 1.91. The molecule has 1 aliphatic rings. The number of esters is 1. The van der Waals surface area contributed by atoms with Crippen LogP contribution in [0.25, 0.3) is 0 Å². The van der Waals surface area contributed by atoms with Crippen molar-refractivity contribution < 1.29 is 19.1 Å².